The zero-order chi connectivity index (χ0) is 12.5. The number of nitrogens with zero attached hydrogens (tertiary/aromatic N) is 1. The van der Waals surface area contributed by atoms with Gasteiger partial charge in [-0.3, -0.25) is 4.90 Å². The summed E-state index contributed by atoms with van der Waals surface area (Å²) < 4.78 is 0. The fraction of sp³-hybridized carbons (Fsp3) is 0.538. The van der Waals surface area contributed by atoms with Gasteiger partial charge in [-0.25, -0.2) is 0 Å². The highest BCUT2D eigenvalue weighted by Crippen LogP contribution is 2.18. The summed E-state index contributed by atoms with van der Waals surface area (Å²) in [6.45, 7) is 4.98. The number of aliphatic hydroxyl groups is 2. The first-order valence-electron chi connectivity index (χ1n) is 5.81. The van der Waals surface area contributed by atoms with Crippen LogP contribution in [0.15, 0.2) is 11.4 Å². The van der Waals surface area contributed by atoms with E-state index in [0.717, 1.165) is 31.6 Å². The Labute approximate surface area is 107 Å². The molecule has 0 unspecified atom stereocenters. The van der Waals surface area contributed by atoms with Gasteiger partial charge in [-0.15, -0.1) is 11.3 Å². The third-order valence-corrected chi connectivity index (χ3v) is 3.40. The van der Waals surface area contributed by atoms with E-state index in [1.54, 1.807) is 11.3 Å². The topological polar surface area (TPSA) is 43.7 Å². The molecule has 94 valence electrons. The Kier molecular flexibility index (Phi) is 6.90. The van der Waals surface area contributed by atoms with Crippen molar-refractivity contribution in [3.8, 4) is 11.8 Å². The van der Waals surface area contributed by atoms with Crippen LogP contribution in [0.3, 0.4) is 0 Å². The van der Waals surface area contributed by atoms with E-state index in [-0.39, 0.29) is 13.2 Å². The maximum absolute atomic E-state index is 8.83. The lowest BCUT2D eigenvalue weighted by Gasteiger charge is -2.19. The molecule has 1 aromatic heterocycles. The number of thiophene rings is 1. The van der Waals surface area contributed by atoms with Crippen molar-refractivity contribution in [2.24, 2.45) is 0 Å². The van der Waals surface area contributed by atoms with Gasteiger partial charge in [0.25, 0.3) is 0 Å². The minimum absolute atomic E-state index is 0.0999. The second kappa shape index (κ2) is 8.26. The molecule has 0 fully saturated rings. The van der Waals surface area contributed by atoms with Crippen LogP contribution in [0.5, 0.6) is 0 Å². The van der Waals surface area contributed by atoms with Crippen molar-refractivity contribution < 1.29 is 10.2 Å². The summed E-state index contributed by atoms with van der Waals surface area (Å²) in [4.78, 5) is 3.51. The molecule has 0 radical (unpaired) electrons. The Hall–Kier alpha value is -0.860. The maximum Gasteiger partial charge on any atom is 0.104 e. The van der Waals surface area contributed by atoms with Gasteiger partial charge in [-0.05, 0) is 24.4 Å². The summed E-state index contributed by atoms with van der Waals surface area (Å²) in [5.41, 5.74) is 1.01. The van der Waals surface area contributed by atoms with E-state index in [1.807, 2.05) is 11.4 Å². The molecule has 0 atom stereocenters. The first kappa shape index (κ1) is 14.2. The Balaban J connectivity index is 2.62. The fourth-order valence-electron chi connectivity index (χ4n) is 1.56. The highest BCUT2D eigenvalue weighted by molar-refractivity contribution is 7.10. The van der Waals surface area contributed by atoms with Gasteiger partial charge >= 0.3 is 0 Å². The molecule has 4 heteroatoms. The lowest BCUT2D eigenvalue weighted by molar-refractivity contribution is 0.226. The van der Waals surface area contributed by atoms with E-state index in [2.05, 4.69) is 23.7 Å². The van der Waals surface area contributed by atoms with Gasteiger partial charge in [0.05, 0.1) is 0 Å². The quantitative estimate of drug-likeness (QED) is 0.751. The number of rotatable bonds is 6. The molecule has 0 aliphatic carbocycles. The van der Waals surface area contributed by atoms with Gasteiger partial charge in [0, 0.05) is 30.1 Å². The van der Waals surface area contributed by atoms with Crippen LogP contribution in [0.1, 0.15) is 23.8 Å². The Morgan fingerprint density at radius 3 is 2.88 bits per heavy atom. The predicted molar refractivity (Wildman–Crippen MR) is 70.9 cm³/mol. The van der Waals surface area contributed by atoms with Gasteiger partial charge in [0.1, 0.15) is 6.61 Å². The fourth-order valence-corrected chi connectivity index (χ4v) is 2.43. The van der Waals surface area contributed by atoms with Crippen molar-refractivity contribution in [1.29, 1.82) is 0 Å². The van der Waals surface area contributed by atoms with E-state index < -0.39 is 0 Å². The van der Waals surface area contributed by atoms with Crippen molar-refractivity contribution in [2.45, 2.75) is 19.9 Å². The second-order valence-electron chi connectivity index (χ2n) is 3.66. The molecule has 0 spiro atoms. The zero-order valence-electron chi connectivity index (χ0n) is 10.1. The van der Waals surface area contributed by atoms with Crippen molar-refractivity contribution in [2.75, 3.05) is 26.3 Å². The smallest absolute Gasteiger partial charge is 0.104 e. The molecule has 0 saturated heterocycles. The molecule has 0 aliphatic heterocycles. The van der Waals surface area contributed by atoms with E-state index in [0.29, 0.717) is 0 Å². The summed E-state index contributed by atoms with van der Waals surface area (Å²) in [6, 6.07) is 1.99. The molecule has 2 N–H and O–H groups in total. The van der Waals surface area contributed by atoms with Gasteiger partial charge in [0.15, 0.2) is 0 Å². The van der Waals surface area contributed by atoms with Crippen molar-refractivity contribution in [3.63, 3.8) is 0 Å². The van der Waals surface area contributed by atoms with Crippen LogP contribution in [0.2, 0.25) is 0 Å². The second-order valence-corrected chi connectivity index (χ2v) is 4.66. The first-order valence-corrected chi connectivity index (χ1v) is 6.69. The summed E-state index contributed by atoms with van der Waals surface area (Å²) >= 11 is 1.69. The van der Waals surface area contributed by atoms with Gasteiger partial charge in [-0.1, -0.05) is 18.8 Å². The predicted octanol–water partition coefficient (Wildman–Crippen LogP) is 1.30. The molecule has 0 bridgehead atoms. The molecular formula is C13H19NO2S. The molecule has 1 aromatic rings. The molecule has 3 nitrogen and oxygen atoms in total. The van der Waals surface area contributed by atoms with Crippen LogP contribution in [-0.4, -0.2) is 41.4 Å². The third kappa shape index (κ3) is 4.88. The van der Waals surface area contributed by atoms with Crippen molar-refractivity contribution in [1.82, 2.24) is 4.90 Å². The van der Waals surface area contributed by atoms with E-state index in [9.17, 15) is 0 Å². The SMILES string of the molecule is CCN(CCCO)Cc1sccc1C#CCO. The van der Waals surface area contributed by atoms with Crippen LogP contribution in [-0.2, 0) is 6.54 Å². The van der Waals surface area contributed by atoms with Crippen molar-refractivity contribution in [3.05, 3.63) is 21.9 Å². The van der Waals surface area contributed by atoms with Crippen molar-refractivity contribution >= 4 is 11.3 Å². The molecule has 0 amide bonds. The number of aliphatic hydroxyl groups excluding tert-OH is 2. The number of hydrogen-bond donors (Lipinski definition) is 2. The third-order valence-electron chi connectivity index (χ3n) is 2.49. The van der Waals surface area contributed by atoms with Crippen LogP contribution in [0.25, 0.3) is 0 Å². The summed E-state index contributed by atoms with van der Waals surface area (Å²) in [5.74, 6) is 5.64. The molecular weight excluding hydrogens is 234 g/mol. The average Bonchev–Trinajstić information content (AvgIpc) is 2.79. The summed E-state index contributed by atoms with van der Waals surface area (Å²) in [5, 5.41) is 19.5. The lowest BCUT2D eigenvalue weighted by Crippen LogP contribution is -2.24. The normalized spacial score (nSPS) is 10.4. The first-order chi connectivity index (χ1) is 8.31. The highest BCUT2D eigenvalue weighted by atomic mass is 32.1. The van der Waals surface area contributed by atoms with E-state index in [1.165, 1.54) is 4.88 Å². The molecule has 0 aliphatic rings. The van der Waals surface area contributed by atoms with Crippen LogP contribution >= 0.6 is 11.3 Å². The van der Waals surface area contributed by atoms with E-state index in [4.69, 9.17) is 10.2 Å². The Morgan fingerprint density at radius 1 is 1.41 bits per heavy atom. The minimum Gasteiger partial charge on any atom is -0.396 e. The zero-order valence-corrected chi connectivity index (χ0v) is 11.0. The summed E-state index contributed by atoms with van der Waals surface area (Å²) in [6.07, 6.45) is 0.802. The van der Waals surface area contributed by atoms with Gasteiger partial charge in [0.2, 0.25) is 0 Å². The highest BCUT2D eigenvalue weighted by Gasteiger charge is 2.07. The average molecular weight is 253 g/mol. The molecule has 0 aromatic carbocycles. The van der Waals surface area contributed by atoms with Crippen LogP contribution < -0.4 is 0 Å². The van der Waals surface area contributed by atoms with Gasteiger partial charge < -0.3 is 10.2 Å². The molecule has 0 saturated carbocycles. The maximum atomic E-state index is 8.83. The summed E-state index contributed by atoms with van der Waals surface area (Å²) in [7, 11) is 0. The monoisotopic (exact) mass is 253 g/mol. The lowest BCUT2D eigenvalue weighted by atomic mass is 10.2. The van der Waals surface area contributed by atoms with Crippen LogP contribution in [0, 0.1) is 11.8 Å². The van der Waals surface area contributed by atoms with Crippen LogP contribution in [0.4, 0.5) is 0 Å². The molecule has 17 heavy (non-hydrogen) atoms. The standard InChI is InChI=1S/C13H19NO2S/c1-2-14(7-4-9-16)11-13-12(5-3-8-15)6-10-17-13/h6,10,15-16H,2,4,7-9,11H2,1H3. The Bertz CT molecular complexity index is 378. The minimum atomic E-state index is -0.0999. The largest absolute Gasteiger partial charge is 0.396 e. The molecule has 1 rings (SSSR count). The van der Waals surface area contributed by atoms with Gasteiger partial charge in [-0.2, -0.15) is 0 Å². The van der Waals surface area contributed by atoms with E-state index >= 15 is 0 Å². The number of hydrogen-bond acceptors (Lipinski definition) is 4. The molecule has 1 heterocycles. The Morgan fingerprint density at radius 2 is 2.24 bits per heavy atom.